The van der Waals surface area contributed by atoms with Crippen LogP contribution in [0.2, 0.25) is 0 Å². The van der Waals surface area contributed by atoms with Gasteiger partial charge in [0.1, 0.15) is 0 Å². The highest BCUT2D eigenvalue weighted by Crippen LogP contribution is 2.16. The van der Waals surface area contributed by atoms with E-state index in [4.69, 9.17) is 0 Å². The average molecular weight is 389 g/mol. The van der Waals surface area contributed by atoms with Crippen LogP contribution in [0.5, 0.6) is 0 Å². The van der Waals surface area contributed by atoms with Gasteiger partial charge in [0.25, 0.3) is 5.91 Å². The Morgan fingerprint density at radius 2 is 1.41 bits per heavy atom. The standard InChI is InChI=1S/C19H23N3O4S/c1-3-13-20-27(25,26)17-11-9-16(10-12-17)22-19(24)14-5-7-15(8-6-14)21-18(23)4-2/h5-12,20H,3-4,13H2,1-2H3,(H,21,23)(H,22,24). The molecular weight excluding hydrogens is 366 g/mol. The molecule has 0 saturated heterocycles. The Kier molecular flexibility index (Phi) is 7.09. The summed E-state index contributed by atoms with van der Waals surface area (Å²) in [6.07, 6.45) is 1.08. The van der Waals surface area contributed by atoms with Crippen LogP contribution in [0.3, 0.4) is 0 Å². The molecule has 2 rings (SSSR count). The first-order valence-corrected chi connectivity index (χ1v) is 10.1. The molecule has 2 aromatic rings. The molecule has 0 aliphatic heterocycles. The molecule has 2 amide bonds. The maximum atomic E-state index is 12.3. The summed E-state index contributed by atoms with van der Waals surface area (Å²) in [5.74, 6) is -0.432. The molecule has 144 valence electrons. The molecule has 8 heteroatoms. The summed E-state index contributed by atoms with van der Waals surface area (Å²) in [6, 6.07) is 12.5. The number of carbonyl (C=O) groups excluding carboxylic acids is 2. The van der Waals surface area contributed by atoms with E-state index < -0.39 is 10.0 Å². The molecule has 0 spiro atoms. The molecule has 0 heterocycles. The van der Waals surface area contributed by atoms with Crippen LogP contribution in [0.25, 0.3) is 0 Å². The number of nitrogens with one attached hydrogen (secondary N) is 3. The Bertz CT molecular complexity index is 892. The van der Waals surface area contributed by atoms with Crippen LogP contribution in [0.4, 0.5) is 11.4 Å². The lowest BCUT2D eigenvalue weighted by Crippen LogP contribution is -2.24. The van der Waals surface area contributed by atoms with E-state index in [0.717, 1.165) is 0 Å². The van der Waals surface area contributed by atoms with E-state index in [9.17, 15) is 18.0 Å². The smallest absolute Gasteiger partial charge is 0.255 e. The van der Waals surface area contributed by atoms with Crippen LogP contribution in [0, 0.1) is 0 Å². The molecule has 0 aliphatic carbocycles. The first kappa shape index (κ1) is 20.6. The highest BCUT2D eigenvalue weighted by atomic mass is 32.2. The maximum Gasteiger partial charge on any atom is 0.255 e. The maximum absolute atomic E-state index is 12.3. The molecule has 0 fully saturated rings. The van der Waals surface area contributed by atoms with Gasteiger partial charge in [0.05, 0.1) is 4.90 Å². The second-order valence-corrected chi connectivity index (χ2v) is 7.62. The summed E-state index contributed by atoms with van der Waals surface area (Å²) in [6.45, 7) is 4.01. The minimum atomic E-state index is -3.53. The van der Waals surface area contributed by atoms with Crippen LogP contribution < -0.4 is 15.4 Å². The zero-order valence-electron chi connectivity index (χ0n) is 15.3. The largest absolute Gasteiger partial charge is 0.326 e. The lowest BCUT2D eigenvalue weighted by atomic mass is 10.2. The molecule has 27 heavy (non-hydrogen) atoms. The first-order chi connectivity index (χ1) is 12.9. The van der Waals surface area contributed by atoms with E-state index in [1.165, 1.54) is 24.3 Å². The van der Waals surface area contributed by atoms with Crippen molar-refractivity contribution in [2.24, 2.45) is 0 Å². The average Bonchev–Trinajstić information content (AvgIpc) is 2.67. The highest BCUT2D eigenvalue weighted by Gasteiger charge is 2.13. The summed E-state index contributed by atoms with van der Waals surface area (Å²) in [7, 11) is -3.53. The molecule has 0 radical (unpaired) electrons. The van der Waals surface area contributed by atoms with Gasteiger partial charge in [-0.1, -0.05) is 13.8 Å². The van der Waals surface area contributed by atoms with Crippen LogP contribution in [0.15, 0.2) is 53.4 Å². The van der Waals surface area contributed by atoms with Crippen molar-refractivity contribution in [3.8, 4) is 0 Å². The lowest BCUT2D eigenvalue weighted by molar-refractivity contribution is -0.115. The predicted octanol–water partition coefficient (Wildman–Crippen LogP) is 2.98. The molecule has 0 saturated carbocycles. The van der Waals surface area contributed by atoms with E-state index in [0.29, 0.717) is 36.3 Å². The summed E-state index contributed by atoms with van der Waals surface area (Å²) in [4.78, 5) is 23.8. The molecule has 0 unspecified atom stereocenters. The summed E-state index contributed by atoms with van der Waals surface area (Å²) in [5, 5.41) is 5.42. The van der Waals surface area contributed by atoms with Gasteiger partial charge in [0, 0.05) is 29.9 Å². The van der Waals surface area contributed by atoms with E-state index in [1.807, 2.05) is 6.92 Å². The topological polar surface area (TPSA) is 104 Å². The molecule has 0 bridgehead atoms. The van der Waals surface area contributed by atoms with Gasteiger partial charge in [-0.05, 0) is 55.0 Å². The molecule has 0 atom stereocenters. The molecule has 0 aliphatic rings. The van der Waals surface area contributed by atoms with E-state index in [1.54, 1.807) is 31.2 Å². The Hall–Kier alpha value is -2.71. The second kappa shape index (κ2) is 9.29. The van der Waals surface area contributed by atoms with Crippen molar-refractivity contribution in [1.82, 2.24) is 4.72 Å². The predicted molar refractivity (Wildman–Crippen MR) is 105 cm³/mol. The molecular formula is C19H23N3O4S. The minimum Gasteiger partial charge on any atom is -0.326 e. The van der Waals surface area contributed by atoms with Crippen LogP contribution in [0.1, 0.15) is 37.0 Å². The Balaban J connectivity index is 2.02. The summed E-state index contributed by atoms with van der Waals surface area (Å²) < 4.78 is 26.6. The van der Waals surface area contributed by atoms with Crippen molar-refractivity contribution in [3.05, 3.63) is 54.1 Å². The van der Waals surface area contributed by atoms with Gasteiger partial charge in [-0.15, -0.1) is 0 Å². The lowest BCUT2D eigenvalue weighted by Gasteiger charge is -2.09. The van der Waals surface area contributed by atoms with Gasteiger partial charge in [-0.3, -0.25) is 9.59 Å². The van der Waals surface area contributed by atoms with Crippen molar-refractivity contribution in [2.75, 3.05) is 17.2 Å². The number of benzene rings is 2. The van der Waals surface area contributed by atoms with Gasteiger partial charge in [-0.25, -0.2) is 13.1 Å². The van der Waals surface area contributed by atoms with Crippen molar-refractivity contribution < 1.29 is 18.0 Å². The second-order valence-electron chi connectivity index (χ2n) is 5.86. The third kappa shape index (κ3) is 5.90. The number of carbonyl (C=O) groups is 2. The molecule has 7 nitrogen and oxygen atoms in total. The quantitative estimate of drug-likeness (QED) is 0.645. The van der Waals surface area contributed by atoms with E-state index in [2.05, 4.69) is 15.4 Å². The number of hydrogen-bond acceptors (Lipinski definition) is 4. The third-order valence-electron chi connectivity index (χ3n) is 3.72. The monoisotopic (exact) mass is 389 g/mol. The Morgan fingerprint density at radius 1 is 0.852 bits per heavy atom. The third-order valence-corrected chi connectivity index (χ3v) is 5.19. The van der Waals surface area contributed by atoms with Crippen LogP contribution in [-0.4, -0.2) is 26.8 Å². The first-order valence-electron chi connectivity index (χ1n) is 8.66. The van der Waals surface area contributed by atoms with Crippen molar-refractivity contribution >= 4 is 33.2 Å². The molecule has 3 N–H and O–H groups in total. The van der Waals surface area contributed by atoms with E-state index in [-0.39, 0.29) is 16.7 Å². The molecule has 2 aromatic carbocycles. The van der Waals surface area contributed by atoms with Gasteiger partial charge < -0.3 is 10.6 Å². The zero-order valence-corrected chi connectivity index (χ0v) is 16.1. The summed E-state index contributed by atoms with van der Waals surface area (Å²) in [5.41, 5.74) is 1.52. The van der Waals surface area contributed by atoms with Gasteiger partial charge >= 0.3 is 0 Å². The Labute approximate surface area is 159 Å². The number of anilines is 2. The number of sulfonamides is 1. The SMILES string of the molecule is CCCNS(=O)(=O)c1ccc(NC(=O)c2ccc(NC(=O)CC)cc2)cc1. The van der Waals surface area contributed by atoms with Crippen molar-refractivity contribution in [1.29, 1.82) is 0 Å². The summed E-state index contributed by atoms with van der Waals surface area (Å²) >= 11 is 0. The fourth-order valence-corrected chi connectivity index (χ4v) is 3.33. The van der Waals surface area contributed by atoms with Crippen molar-refractivity contribution in [2.45, 2.75) is 31.6 Å². The van der Waals surface area contributed by atoms with Crippen LogP contribution in [-0.2, 0) is 14.8 Å². The Morgan fingerprint density at radius 3 is 1.96 bits per heavy atom. The van der Waals surface area contributed by atoms with Gasteiger partial charge in [0.15, 0.2) is 0 Å². The number of hydrogen-bond donors (Lipinski definition) is 3. The van der Waals surface area contributed by atoms with Gasteiger partial charge in [-0.2, -0.15) is 0 Å². The normalized spacial score (nSPS) is 11.0. The fraction of sp³-hybridized carbons (Fsp3) is 0.263. The highest BCUT2D eigenvalue weighted by molar-refractivity contribution is 7.89. The fourth-order valence-electron chi connectivity index (χ4n) is 2.19. The number of rotatable bonds is 8. The van der Waals surface area contributed by atoms with E-state index >= 15 is 0 Å². The van der Waals surface area contributed by atoms with Gasteiger partial charge in [0.2, 0.25) is 15.9 Å². The van der Waals surface area contributed by atoms with Crippen molar-refractivity contribution in [3.63, 3.8) is 0 Å². The van der Waals surface area contributed by atoms with Crippen LogP contribution >= 0.6 is 0 Å². The molecule has 0 aromatic heterocycles. The minimum absolute atomic E-state index is 0.101. The number of amides is 2. The zero-order chi connectivity index (χ0) is 19.9.